The summed E-state index contributed by atoms with van der Waals surface area (Å²) in [5.74, 6) is -0.886. The molecule has 0 aromatic heterocycles. The van der Waals surface area contributed by atoms with Crippen LogP contribution in [0.4, 0.5) is 4.39 Å². The van der Waals surface area contributed by atoms with Gasteiger partial charge in [-0.25, -0.2) is 4.39 Å². The van der Waals surface area contributed by atoms with Crippen molar-refractivity contribution in [3.63, 3.8) is 0 Å². The van der Waals surface area contributed by atoms with Crippen molar-refractivity contribution < 1.29 is 9.18 Å². The van der Waals surface area contributed by atoms with Crippen molar-refractivity contribution in [3.05, 3.63) is 34.1 Å². The lowest BCUT2D eigenvalue weighted by atomic mass is 10.2. The van der Waals surface area contributed by atoms with Crippen LogP contribution in [0.15, 0.2) is 22.7 Å². The van der Waals surface area contributed by atoms with Gasteiger partial charge in [-0.15, -0.1) is 0 Å². The Morgan fingerprint density at radius 2 is 2.16 bits per heavy atom. The van der Waals surface area contributed by atoms with Crippen molar-refractivity contribution >= 4 is 21.8 Å². The lowest BCUT2D eigenvalue weighted by Crippen LogP contribution is -2.31. The number of halogens is 2. The molecule has 0 unspecified atom stereocenters. The first kappa shape index (κ1) is 16.1. The van der Waals surface area contributed by atoms with E-state index in [2.05, 4.69) is 40.0 Å². The Morgan fingerprint density at radius 1 is 1.47 bits per heavy atom. The second-order valence-electron chi connectivity index (χ2n) is 4.78. The fourth-order valence-corrected chi connectivity index (χ4v) is 2.11. The number of nitrogens with one attached hydrogen (secondary N) is 1. The lowest BCUT2D eigenvalue weighted by Gasteiger charge is -2.20. The zero-order valence-corrected chi connectivity index (χ0v) is 13.1. The standard InChI is InChI=1S/C14H20BrFN2O/c1-10(2)18(3)9-5-8-17-14(19)13-11(15)6-4-7-12(13)16/h4,6-7,10H,5,8-9H2,1-3H3,(H,17,19). The second kappa shape index (κ2) is 7.60. The first-order valence-corrected chi connectivity index (χ1v) is 7.15. The summed E-state index contributed by atoms with van der Waals surface area (Å²) in [6.45, 7) is 5.68. The number of nitrogens with zero attached hydrogens (tertiary/aromatic N) is 1. The highest BCUT2D eigenvalue weighted by atomic mass is 79.9. The van der Waals surface area contributed by atoms with Gasteiger partial charge in [-0.2, -0.15) is 0 Å². The lowest BCUT2D eigenvalue weighted by molar-refractivity contribution is 0.0947. The first-order valence-electron chi connectivity index (χ1n) is 6.36. The highest BCUT2D eigenvalue weighted by molar-refractivity contribution is 9.10. The topological polar surface area (TPSA) is 32.3 Å². The van der Waals surface area contributed by atoms with Crippen LogP contribution < -0.4 is 5.32 Å². The number of hydrogen-bond donors (Lipinski definition) is 1. The third kappa shape index (κ3) is 4.91. The van der Waals surface area contributed by atoms with Crippen LogP contribution in [0.25, 0.3) is 0 Å². The number of rotatable bonds is 6. The third-order valence-corrected chi connectivity index (χ3v) is 3.71. The number of carbonyl (C=O) groups is 1. The van der Waals surface area contributed by atoms with Gasteiger partial charge in [0.05, 0.1) is 5.56 Å². The van der Waals surface area contributed by atoms with Gasteiger partial charge >= 0.3 is 0 Å². The monoisotopic (exact) mass is 330 g/mol. The van der Waals surface area contributed by atoms with Crippen LogP contribution in [0, 0.1) is 5.82 Å². The van der Waals surface area contributed by atoms with E-state index in [0.717, 1.165) is 13.0 Å². The molecule has 0 heterocycles. The van der Waals surface area contributed by atoms with Crippen molar-refractivity contribution in [2.24, 2.45) is 0 Å². The molecule has 19 heavy (non-hydrogen) atoms. The van der Waals surface area contributed by atoms with Gasteiger partial charge in [-0.1, -0.05) is 6.07 Å². The molecule has 1 aromatic carbocycles. The molecule has 0 saturated heterocycles. The fraction of sp³-hybridized carbons (Fsp3) is 0.500. The van der Waals surface area contributed by atoms with Gasteiger partial charge in [-0.3, -0.25) is 4.79 Å². The van der Waals surface area contributed by atoms with Gasteiger partial charge in [0.2, 0.25) is 0 Å². The Kier molecular flexibility index (Phi) is 6.45. The summed E-state index contributed by atoms with van der Waals surface area (Å²) >= 11 is 3.19. The van der Waals surface area contributed by atoms with E-state index < -0.39 is 5.82 Å². The van der Waals surface area contributed by atoms with E-state index in [4.69, 9.17) is 0 Å². The molecule has 3 nitrogen and oxygen atoms in total. The largest absolute Gasteiger partial charge is 0.352 e. The van der Waals surface area contributed by atoms with Crippen LogP contribution in [0.1, 0.15) is 30.6 Å². The normalized spacial score (nSPS) is 11.1. The molecule has 0 aliphatic carbocycles. The molecule has 1 N–H and O–H groups in total. The van der Waals surface area contributed by atoms with E-state index in [1.807, 2.05) is 7.05 Å². The van der Waals surface area contributed by atoms with Crippen molar-refractivity contribution in [2.75, 3.05) is 20.1 Å². The fourth-order valence-electron chi connectivity index (χ4n) is 1.59. The van der Waals surface area contributed by atoms with E-state index in [-0.39, 0.29) is 11.5 Å². The Morgan fingerprint density at radius 3 is 2.74 bits per heavy atom. The summed E-state index contributed by atoms with van der Waals surface area (Å²) in [7, 11) is 2.04. The van der Waals surface area contributed by atoms with Gasteiger partial charge in [-0.05, 0) is 61.9 Å². The van der Waals surface area contributed by atoms with Crippen LogP contribution in [-0.4, -0.2) is 37.0 Å². The Balaban J connectivity index is 2.44. The molecule has 0 radical (unpaired) electrons. The van der Waals surface area contributed by atoms with Gasteiger partial charge in [0.25, 0.3) is 5.91 Å². The molecule has 5 heteroatoms. The molecular formula is C14H20BrFN2O. The minimum atomic E-state index is -0.508. The number of carbonyl (C=O) groups excluding carboxylic acids is 1. The van der Waals surface area contributed by atoms with Crippen LogP contribution in [0.3, 0.4) is 0 Å². The Labute approximate surface area is 122 Å². The molecule has 0 fully saturated rings. The predicted molar refractivity (Wildman–Crippen MR) is 78.8 cm³/mol. The summed E-state index contributed by atoms with van der Waals surface area (Å²) in [6, 6.07) is 4.99. The maximum absolute atomic E-state index is 13.5. The second-order valence-corrected chi connectivity index (χ2v) is 5.63. The average Bonchev–Trinajstić information content (AvgIpc) is 2.34. The van der Waals surface area contributed by atoms with Gasteiger partial charge < -0.3 is 10.2 Å². The number of benzene rings is 1. The number of amides is 1. The molecule has 1 rings (SSSR count). The van der Waals surface area contributed by atoms with E-state index in [1.54, 1.807) is 12.1 Å². The van der Waals surface area contributed by atoms with Crippen molar-refractivity contribution in [2.45, 2.75) is 26.3 Å². The summed E-state index contributed by atoms with van der Waals surface area (Å²) in [5, 5.41) is 2.74. The van der Waals surface area contributed by atoms with Crippen LogP contribution in [0.2, 0.25) is 0 Å². The van der Waals surface area contributed by atoms with Crippen LogP contribution >= 0.6 is 15.9 Å². The van der Waals surface area contributed by atoms with E-state index >= 15 is 0 Å². The van der Waals surface area contributed by atoms with Gasteiger partial charge in [0.15, 0.2) is 0 Å². The van der Waals surface area contributed by atoms with E-state index in [9.17, 15) is 9.18 Å². The SMILES string of the molecule is CC(C)N(C)CCCNC(=O)c1c(F)cccc1Br. The maximum Gasteiger partial charge on any atom is 0.255 e. The minimum Gasteiger partial charge on any atom is -0.352 e. The first-order chi connectivity index (χ1) is 8.93. The maximum atomic E-state index is 13.5. The van der Waals surface area contributed by atoms with Crippen molar-refractivity contribution in [1.29, 1.82) is 0 Å². The third-order valence-electron chi connectivity index (χ3n) is 3.04. The van der Waals surface area contributed by atoms with Gasteiger partial charge in [0, 0.05) is 17.1 Å². The molecule has 1 amide bonds. The molecule has 1 aromatic rings. The van der Waals surface area contributed by atoms with E-state index in [1.165, 1.54) is 6.07 Å². The van der Waals surface area contributed by atoms with Crippen molar-refractivity contribution in [1.82, 2.24) is 10.2 Å². The van der Waals surface area contributed by atoms with E-state index in [0.29, 0.717) is 17.1 Å². The molecule has 0 atom stereocenters. The quantitative estimate of drug-likeness (QED) is 0.813. The molecular weight excluding hydrogens is 311 g/mol. The molecule has 0 aliphatic heterocycles. The summed E-state index contributed by atoms with van der Waals surface area (Å²) in [6.07, 6.45) is 0.840. The smallest absolute Gasteiger partial charge is 0.255 e. The van der Waals surface area contributed by atoms with Crippen molar-refractivity contribution in [3.8, 4) is 0 Å². The minimum absolute atomic E-state index is 0.0692. The predicted octanol–water partition coefficient (Wildman–Crippen LogP) is 3.05. The average molecular weight is 331 g/mol. The Hall–Kier alpha value is -0.940. The van der Waals surface area contributed by atoms with Crippen LogP contribution in [-0.2, 0) is 0 Å². The summed E-state index contributed by atoms with van der Waals surface area (Å²) < 4.78 is 14.0. The highest BCUT2D eigenvalue weighted by Gasteiger charge is 2.14. The zero-order valence-electron chi connectivity index (χ0n) is 11.5. The van der Waals surface area contributed by atoms with Gasteiger partial charge in [0.1, 0.15) is 5.82 Å². The molecule has 0 bridgehead atoms. The molecule has 0 saturated carbocycles. The molecule has 0 spiro atoms. The summed E-state index contributed by atoms with van der Waals surface area (Å²) in [4.78, 5) is 14.1. The molecule has 106 valence electrons. The summed E-state index contributed by atoms with van der Waals surface area (Å²) in [5.41, 5.74) is 0.0692. The molecule has 0 aliphatic rings. The van der Waals surface area contributed by atoms with Crippen LogP contribution in [0.5, 0.6) is 0 Å². The zero-order chi connectivity index (χ0) is 14.4. The highest BCUT2D eigenvalue weighted by Crippen LogP contribution is 2.19. The Bertz CT molecular complexity index is 417. The number of hydrogen-bond acceptors (Lipinski definition) is 2.